The van der Waals surface area contributed by atoms with Crippen LogP contribution in [-0.4, -0.2) is 45.0 Å². The first kappa shape index (κ1) is 15.9. The smallest absolute Gasteiger partial charge is 0.328 e. The number of aliphatic carboxylic acids is 1. The summed E-state index contributed by atoms with van der Waals surface area (Å²) in [4.78, 5) is 26.6. The topological polar surface area (TPSA) is 99.5 Å². The van der Waals surface area contributed by atoms with Crippen molar-refractivity contribution in [2.45, 2.75) is 31.7 Å². The highest BCUT2D eigenvalue weighted by atomic mass is 32.2. The molecule has 0 aliphatic carbocycles. The molecule has 2 atom stereocenters. The van der Waals surface area contributed by atoms with Gasteiger partial charge in [0.05, 0.1) is 22.6 Å². The molecule has 3 N–H and O–H groups in total. The number of nitrogens with zero attached hydrogens (tertiary/aromatic N) is 1. The lowest BCUT2D eigenvalue weighted by Crippen LogP contribution is -2.48. The van der Waals surface area contributed by atoms with E-state index >= 15 is 0 Å². The molecular weight excluding hydrogens is 288 g/mol. The summed E-state index contributed by atoms with van der Waals surface area (Å²) in [5, 5.41) is 23.2. The minimum atomic E-state index is -1.27. The third-order valence-corrected chi connectivity index (χ3v) is 4.00. The van der Waals surface area contributed by atoms with Crippen molar-refractivity contribution >= 4 is 35.0 Å². The number of amides is 1. The molecule has 19 heavy (non-hydrogen) atoms. The van der Waals surface area contributed by atoms with Crippen molar-refractivity contribution in [1.82, 2.24) is 10.3 Å². The lowest BCUT2D eigenvalue weighted by molar-refractivity contribution is -0.144. The van der Waals surface area contributed by atoms with Crippen LogP contribution in [0.4, 0.5) is 0 Å². The highest BCUT2D eigenvalue weighted by molar-refractivity contribution is 7.99. The average Bonchev–Trinajstić information content (AvgIpc) is 2.71. The number of aryl methyl sites for hydroxylation is 1. The Balaban J connectivity index is 2.33. The minimum Gasteiger partial charge on any atom is -0.480 e. The number of thiazole rings is 1. The Hall–Kier alpha value is -1.12. The molecule has 0 aliphatic heterocycles. The third kappa shape index (κ3) is 5.58. The number of nitrogens with one attached hydrogen (secondary N) is 1. The number of aliphatic hydroxyl groups is 1. The number of hydrogen-bond donors (Lipinski definition) is 3. The second-order valence-electron chi connectivity index (χ2n) is 3.97. The van der Waals surface area contributed by atoms with Gasteiger partial charge in [-0.3, -0.25) is 4.79 Å². The van der Waals surface area contributed by atoms with Gasteiger partial charge in [0.25, 0.3) is 0 Å². The molecule has 6 nitrogen and oxygen atoms in total. The summed E-state index contributed by atoms with van der Waals surface area (Å²) in [5.41, 5.74) is 0.908. The SMILES string of the molecule is Cc1nc(CSCC(=O)N[C@H](C(=O)O)[C@@H](C)O)cs1. The van der Waals surface area contributed by atoms with Gasteiger partial charge in [-0.05, 0) is 13.8 Å². The van der Waals surface area contributed by atoms with Crippen molar-refractivity contribution < 1.29 is 19.8 Å². The Labute approximate surface area is 119 Å². The molecule has 1 aromatic rings. The second kappa shape index (κ2) is 7.46. The maximum absolute atomic E-state index is 11.5. The Bertz CT molecular complexity index is 448. The van der Waals surface area contributed by atoms with Gasteiger partial charge in [-0.15, -0.1) is 23.1 Å². The number of carbonyl (C=O) groups is 2. The number of rotatable bonds is 7. The van der Waals surface area contributed by atoms with E-state index in [1.165, 1.54) is 18.7 Å². The first-order valence-corrected chi connectivity index (χ1v) is 7.62. The van der Waals surface area contributed by atoms with Crippen molar-refractivity contribution in [3.05, 3.63) is 16.1 Å². The zero-order valence-corrected chi connectivity index (χ0v) is 12.3. The van der Waals surface area contributed by atoms with Crippen LogP contribution in [0.15, 0.2) is 5.38 Å². The summed E-state index contributed by atoms with van der Waals surface area (Å²) in [6.07, 6.45) is -1.13. The molecule has 0 radical (unpaired) electrons. The molecule has 0 saturated carbocycles. The predicted molar refractivity (Wildman–Crippen MR) is 74.3 cm³/mol. The third-order valence-electron chi connectivity index (χ3n) is 2.21. The highest BCUT2D eigenvalue weighted by Gasteiger charge is 2.24. The Morgan fingerprint density at radius 3 is 2.74 bits per heavy atom. The number of thioether (sulfide) groups is 1. The maximum Gasteiger partial charge on any atom is 0.328 e. The Morgan fingerprint density at radius 1 is 1.58 bits per heavy atom. The first-order chi connectivity index (χ1) is 8.90. The second-order valence-corrected chi connectivity index (χ2v) is 6.02. The molecule has 0 unspecified atom stereocenters. The van der Waals surface area contributed by atoms with Crippen LogP contribution in [0.2, 0.25) is 0 Å². The molecule has 0 fully saturated rings. The number of carbonyl (C=O) groups excluding carboxylic acids is 1. The lowest BCUT2D eigenvalue weighted by atomic mass is 10.2. The molecule has 8 heteroatoms. The van der Waals surface area contributed by atoms with Gasteiger partial charge in [-0.1, -0.05) is 0 Å². The summed E-state index contributed by atoms with van der Waals surface area (Å²) in [6, 6.07) is -1.27. The van der Waals surface area contributed by atoms with Crippen LogP contribution < -0.4 is 5.32 Å². The van der Waals surface area contributed by atoms with Gasteiger partial charge in [0, 0.05) is 11.1 Å². The molecule has 0 aliphatic rings. The van der Waals surface area contributed by atoms with Crippen molar-refractivity contribution in [2.24, 2.45) is 0 Å². The van der Waals surface area contributed by atoms with E-state index in [1.807, 2.05) is 12.3 Å². The molecule has 1 rings (SSSR count). The predicted octanol–water partition coefficient (Wildman–Crippen LogP) is 0.635. The summed E-state index contributed by atoms with van der Waals surface area (Å²) < 4.78 is 0. The average molecular weight is 304 g/mol. The normalized spacial score (nSPS) is 13.8. The van der Waals surface area contributed by atoms with Crippen LogP contribution in [-0.2, 0) is 15.3 Å². The summed E-state index contributed by atoms with van der Waals surface area (Å²) >= 11 is 2.90. The van der Waals surface area contributed by atoms with E-state index in [9.17, 15) is 14.7 Å². The molecule has 1 heterocycles. The molecule has 1 aromatic heterocycles. The van der Waals surface area contributed by atoms with Gasteiger partial charge in [0.2, 0.25) is 5.91 Å². The van der Waals surface area contributed by atoms with E-state index in [2.05, 4.69) is 10.3 Å². The Morgan fingerprint density at radius 2 is 2.26 bits per heavy atom. The quantitative estimate of drug-likeness (QED) is 0.683. The number of aromatic nitrogens is 1. The molecule has 0 spiro atoms. The van der Waals surface area contributed by atoms with E-state index in [-0.39, 0.29) is 5.75 Å². The van der Waals surface area contributed by atoms with Gasteiger partial charge < -0.3 is 15.5 Å². The Kier molecular flexibility index (Phi) is 6.26. The fraction of sp³-hybridized carbons (Fsp3) is 0.545. The number of aliphatic hydroxyl groups excluding tert-OH is 1. The van der Waals surface area contributed by atoms with Crippen molar-refractivity contribution in [3.8, 4) is 0 Å². The van der Waals surface area contributed by atoms with Crippen LogP contribution in [0.1, 0.15) is 17.6 Å². The van der Waals surface area contributed by atoms with Crippen molar-refractivity contribution in [1.29, 1.82) is 0 Å². The van der Waals surface area contributed by atoms with Gasteiger partial charge >= 0.3 is 5.97 Å². The van der Waals surface area contributed by atoms with E-state index < -0.39 is 24.0 Å². The van der Waals surface area contributed by atoms with E-state index in [4.69, 9.17) is 5.11 Å². The zero-order chi connectivity index (χ0) is 14.4. The molecule has 106 valence electrons. The number of carboxylic acids is 1. The van der Waals surface area contributed by atoms with Gasteiger partial charge in [0.15, 0.2) is 6.04 Å². The monoisotopic (exact) mass is 304 g/mol. The van der Waals surface area contributed by atoms with E-state index in [0.29, 0.717) is 5.75 Å². The molecule has 0 saturated heterocycles. The van der Waals surface area contributed by atoms with Crippen LogP contribution in [0, 0.1) is 6.92 Å². The van der Waals surface area contributed by atoms with Gasteiger partial charge in [-0.2, -0.15) is 0 Å². The minimum absolute atomic E-state index is 0.132. The number of hydrogen-bond acceptors (Lipinski definition) is 6. The molecule has 0 aromatic carbocycles. The maximum atomic E-state index is 11.5. The van der Waals surface area contributed by atoms with Crippen molar-refractivity contribution in [3.63, 3.8) is 0 Å². The van der Waals surface area contributed by atoms with Crippen molar-refractivity contribution in [2.75, 3.05) is 5.75 Å². The fourth-order valence-electron chi connectivity index (χ4n) is 1.33. The first-order valence-electron chi connectivity index (χ1n) is 5.59. The van der Waals surface area contributed by atoms with Crippen LogP contribution >= 0.6 is 23.1 Å². The largest absolute Gasteiger partial charge is 0.480 e. The van der Waals surface area contributed by atoms with Crippen LogP contribution in [0.5, 0.6) is 0 Å². The summed E-state index contributed by atoms with van der Waals surface area (Å²) in [6.45, 7) is 3.23. The molecule has 1 amide bonds. The molecular formula is C11H16N2O4S2. The zero-order valence-electron chi connectivity index (χ0n) is 10.6. The summed E-state index contributed by atoms with van der Waals surface area (Å²) in [7, 11) is 0. The van der Waals surface area contributed by atoms with E-state index in [0.717, 1.165) is 10.7 Å². The highest BCUT2D eigenvalue weighted by Crippen LogP contribution is 2.14. The van der Waals surface area contributed by atoms with Crippen LogP contribution in [0.25, 0.3) is 0 Å². The standard InChI is InChI=1S/C11H16N2O4S2/c1-6(14)10(11(16)17)13-9(15)5-18-3-8-4-19-7(2)12-8/h4,6,10,14H,3,5H2,1-2H3,(H,13,15)(H,16,17)/t6-,10+/m1/s1. The van der Waals surface area contributed by atoms with Gasteiger partial charge in [-0.25, -0.2) is 9.78 Å². The van der Waals surface area contributed by atoms with Crippen LogP contribution in [0.3, 0.4) is 0 Å². The number of carboxylic acid groups (broad SMARTS) is 1. The summed E-state index contributed by atoms with van der Waals surface area (Å²) in [5.74, 6) is -0.925. The van der Waals surface area contributed by atoms with E-state index in [1.54, 1.807) is 11.3 Å². The molecule has 0 bridgehead atoms. The lowest BCUT2D eigenvalue weighted by Gasteiger charge is -2.16. The van der Waals surface area contributed by atoms with Gasteiger partial charge in [0.1, 0.15) is 0 Å². The fourth-order valence-corrected chi connectivity index (χ4v) is 2.77.